The Morgan fingerprint density at radius 3 is 2.52 bits per heavy atom. The molecule has 0 radical (unpaired) electrons. The summed E-state index contributed by atoms with van der Waals surface area (Å²) >= 11 is 2.43. The molecule has 27 heavy (non-hydrogen) atoms. The Labute approximate surface area is 165 Å². The number of hydrogen-bond acceptors (Lipinski definition) is 7. The van der Waals surface area contributed by atoms with Crippen LogP contribution >= 0.6 is 22.7 Å². The van der Waals surface area contributed by atoms with Crippen LogP contribution in [0.15, 0.2) is 39.2 Å². The van der Waals surface area contributed by atoms with Crippen LogP contribution in [0.5, 0.6) is 0 Å². The van der Waals surface area contributed by atoms with Gasteiger partial charge in [-0.2, -0.15) is 0 Å². The lowest BCUT2D eigenvalue weighted by Gasteiger charge is -2.16. The molecule has 1 saturated heterocycles. The molecule has 146 valence electrons. The normalized spacial score (nSPS) is 18.1. The summed E-state index contributed by atoms with van der Waals surface area (Å²) in [5.74, 6) is -1.64. The Morgan fingerprint density at radius 1 is 1.15 bits per heavy atom. The van der Waals surface area contributed by atoms with Gasteiger partial charge in [0.1, 0.15) is 9.46 Å². The number of thiophene rings is 2. The van der Waals surface area contributed by atoms with Crippen molar-refractivity contribution < 1.29 is 22.7 Å². The van der Waals surface area contributed by atoms with E-state index in [0.29, 0.717) is 11.5 Å². The Balaban J connectivity index is 1.63. The van der Waals surface area contributed by atoms with Crippen molar-refractivity contribution in [2.75, 3.05) is 19.7 Å². The maximum Gasteiger partial charge on any atom is 0.309 e. The third kappa shape index (κ3) is 4.95. The van der Waals surface area contributed by atoms with Crippen LogP contribution in [0.25, 0.3) is 0 Å². The molecule has 0 unspecified atom stereocenters. The molecule has 1 aliphatic heterocycles. The highest BCUT2D eigenvalue weighted by molar-refractivity contribution is 7.93. The standard InChI is InChI=1S/C17H20N2O5S3/c20-16(18-10-12-4-1-7-24-12)17(21)19-11-14(13-5-2-8-25-13)27(22,23)15-6-3-9-26-15/h2-3,5-6,8-9,12,14H,1,4,7,10-11H2,(H,18,20)(H,19,21)/t12-,14+/m0/s1. The Kier molecular flexibility index (Phi) is 6.64. The molecule has 3 heterocycles. The molecule has 0 saturated carbocycles. The number of carbonyl (C=O) groups excluding carboxylic acids is 2. The van der Waals surface area contributed by atoms with Crippen molar-refractivity contribution in [3.8, 4) is 0 Å². The van der Waals surface area contributed by atoms with Crippen LogP contribution < -0.4 is 10.6 Å². The minimum absolute atomic E-state index is 0.0696. The summed E-state index contributed by atoms with van der Waals surface area (Å²) < 4.78 is 31.5. The van der Waals surface area contributed by atoms with Crippen molar-refractivity contribution in [3.63, 3.8) is 0 Å². The van der Waals surface area contributed by atoms with Gasteiger partial charge < -0.3 is 15.4 Å². The zero-order chi connectivity index (χ0) is 19.3. The Bertz CT molecular complexity index is 857. The van der Waals surface area contributed by atoms with E-state index >= 15 is 0 Å². The average Bonchev–Trinajstić information content (AvgIpc) is 3.42. The summed E-state index contributed by atoms with van der Waals surface area (Å²) in [6, 6.07) is 6.67. The van der Waals surface area contributed by atoms with E-state index in [9.17, 15) is 18.0 Å². The number of rotatable bonds is 7. The molecule has 7 nitrogen and oxygen atoms in total. The molecule has 1 aliphatic rings. The summed E-state index contributed by atoms with van der Waals surface area (Å²) in [6.07, 6.45) is 1.72. The van der Waals surface area contributed by atoms with Gasteiger partial charge in [0.25, 0.3) is 0 Å². The number of sulfone groups is 1. The van der Waals surface area contributed by atoms with Crippen LogP contribution in [0.1, 0.15) is 23.0 Å². The lowest BCUT2D eigenvalue weighted by atomic mass is 10.2. The van der Waals surface area contributed by atoms with Crippen molar-refractivity contribution in [3.05, 3.63) is 39.9 Å². The molecule has 0 aliphatic carbocycles. The molecule has 2 aromatic rings. The second-order valence-corrected chi connectivity index (χ2v) is 10.3. The molecule has 1 fully saturated rings. The lowest BCUT2D eigenvalue weighted by molar-refractivity contribution is -0.139. The molecule has 2 aromatic heterocycles. The van der Waals surface area contributed by atoms with E-state index in [0.717, 1.165) is 24.2 Å². The van der Waals surface area contributed by atoms with Crippen molar-refractivity contribution in [1.82, 2.24) is 10.6 Å². The van der Waals surface area contributed by atoms with Gasteiger partial charge in [0, 0.05) is 24.6 Å². The molecule has 0 bridgehead atoms. The van der Waals surface area contributed by atoms with Gasteiger partial charge >= 0.3 is 11.8 Å². The van der Waals surface area contributed by atoms with Crippen molar-refractivity contribution in [1.29, 1.82) is 0 Å². The fourth-order valence-electron chi connectivity index (χ4n) is 2.76. The molecule has 10 heteroatoms. The fourth-order valence-corrected chi connectivity index (χ4v) is 6.75. The minimum atomic E-state index is -3.66. The lowest BCUT2D eigenvalue weighted by Crippen LogP contribution is -2.44. The van der Waals surface area contributed by atoms with Crippen LogP contribution in [0.4, 0.5) is 0 Å². The van der Waals surface area contributed by atoms with Gasteiger partial charge in [0.15, 0.2) is 9.84 Å². The first-order chi connectivity index (χ1) is 13.0. The summed E-state index contributed by atoms with van der Waals surface area (Å²) in [5, 5.41) is 7.51. The molecular weight excluding hydrogens is 408 g/mol. The summed E-state index contributed by atoms with van der Waals surface area (Å²) in [7, 11) is -3.66. The minimum Gasteiger partial charge on any atom is -0.376 e. The van der Waals surface area contributed by atoms with Gasteiger partial charge in [0.05, 0.1) is 6.10 Å². The highest BCUT2D eigenvalue weighted by atomic mass is 32.2. The van der Waals surface area contributed by atoms with Gasteiger partial charge in [-0.1, -0.05) is 12.1 Å². The van der Waals surface area contributed by atoms with Gasteiger partial charge in [0.2, 0.25) is 0 Å². The molecule has 2 atom stereocenters. The van der Waals surface area contributed by atoms with Gasteiger partial charge in [-0.05, 0) is 35.7 Å². The predicted molar refractivity (Wildman–Crippen MR) is 104 cm³/mol. The molecule has 2 amide bonds. The second kappa shape index (κ2) is 8.96. The number of ether oxygens (including phenoxy) is 1. The SMILES string of the molecule is O=C(NC[C@@H]1CCCO1)C(=O)NC[C@H](c1cccs1)S(=O)(=O)c1cccs1. The van der Waals surface area contributed by atoms with Crippen molar-refractivity contribution in [2.45, 2.75) is 28.4 Å². The first-order valence-electron chi connectivity index (χ1n) is 8.47. The topological polar surface area (TPSA) is 102 Å². The summed E-state index contributed by atoms with van der Waals surface area (Å²) in [6.45, 7) is 0.761. The van der Waals surface area contributed by atoms with E-state index in [2.05, 4.69) is 10.6 Å². The summed E-state index contributed by atoms with van der Waals surface area (Å²) in [5.41, 5.74) is 0. The molecular formula is C17H20N2O5S3. The van der Waals surface area contributed by atoms with Crippen LogP contribution in [0, 0.1) is 0 Å². The molecule has 3 rings (SSSR count). The van der Waals surface area contributed by atoms with Gasteiger partial charge in [-0.3, -0.25) is 9.59 Å². The Morgan fingerprint density at radius 2 is 1.89 bits per heavy atom. The number of hydrogen-bond donors (Lipinski definition) is 2. The smallest absolute Gasteiger partial charge is 0.309 e. The van der Waals surface area contributed by atoms with E-state index in [1.807, 2.05) is 0 Å². The van der Waals surface area contributed by atoms with Crippen LogP contribution in [-0.4, -0.2) is 46.0 Å². The predicted octanol–water partition coefficient (Wildman–Crippen LogP) is 1.74. The van der Waals surface area contributed by atoms with Crippen molar-refractivity contribution in [2.24, 2.45) is 0 Å². The van der Waals surface area contributed by atoms with E-state index < -0.39 is 26.9 Å². The first kappa shape index (κ1) is 20.0. The highest BCUT2D eigenvalue weighted by Crippen LogP contribution is 2.33. The van der Waals surface area contributed by atoms with Gasteiger partial charge in [-0.25, -0.2) is 8.42 Å². The van der Waals surface area contributed by atoms with Crippen molar-refractivity contribution >= 4 is 44.3 Å². The third-order valence-corrected chi connectivity index (χ3v) is 8.83. The van der Waals surface area contributed by atoms with E-state index in [1.165, 1.54) is 17.4 Å². The quantitative estimate of drug-likeness (QED) is 0.654. The Hall–Kier alpha value is -1.75. The largest absolute Gasteiger partial charge is 0.376 e. The van der Waals surface area contributed by atoms with Crippen LogP contribution in [-0.2, 0) is 24.2 Å². The second-order valence-electron chi connectivity index (χ2n) is 6.04. The monoisotopic (exact) mass is 428 g/mol. The molecule has 2 N–H and O–H groups in total. The fraction of sp³-hybridized carbons (Fsp3) is 0.412. The average molecular weight is 429 g/mol. The summed E-state index contributed by atoms with van der Waals surface area (Å²) in [4.78, 5) is 24.7. The molecule has 0 aromatic carbocycles. The number of amides is 2. The van der Waals surface area contributed by atoms with E-state index in [1.54, 1.807) is 29.0 Å². The highest BCUT2D eigenvalue weighted by Gasteiger charge is 2.32. The van der Waals surface area contributed by atoms with Crippen LogP contribution in [0.3, 0.4) is 0 Å². The van der Waals surface area contributed by atoms with Gasteiger partial charge in [-0.15, -0.1) is 22.7 Å². The zero-order valence-corrected chi connectivity index (χ0v) is 16.9. The zero-order valence-electron chi connectivity index (χ0n) is 14.4. The number of nitrogens with one attached hydrogen (secondary N) is 2. The molecule has 0 spiro atoms. The van der Waals surface area contributed by atoms with E-state index in [4.69, 9.17) is 4.74 Å². The number of carbonyl (C=O) groups is 2. The maximum atomic E-state index is 12.9. The maximum absolute atomic E-state index is 12.9. The van der Waals surface area contributed by atoms with E-state index in [-0.39, 0.29) is 23.4 Å². The first-order valence-corrected chi connectivity index (χ1v) is 11.8. The van der Waals surface area contributed by atoms with Crippen LogP contribution in [0.2, 0.25) is 0 Å². The third-order valence-electron chi connectivity index (χ3n) is 4.18.